The molecule has 1 aliphatic rings. The number of aryl methyl sites for hydroxylation is 1. The van der Waals surface area contributed by atoms with E-state index in [1.165, 1.54) is 6.42 Å². The van der Waals surface area contributed by atoms with Crippen molar-refractivity contribution >= 4 is 27.3 Å². The van der Waals surface area contributed by atoms with Crippen LogP contribution in [0.15, 0.2) is 35.1 Å². The lowest BCUT2D eigenvalue weighted by atomic mass is 10.0. The molecule has 0 spiro atoms. The molecule has 1 saturated heterocycles. The van der Waals surface area contributed by atoms with Gasteiger partial charge in [0.25, 0.3) is 0 Å². The summed E-state index contributed by atoms with van der Waals surface area (Å²) in [6.45, 7) is 0.795. The lowest BCUT2D eigenvalue weighted by Crippen LogP contribution is -2.28. The Labute approximate surface area is 138 Å². The quantitative estimate of drug-likeness (QED) is 0.817. The summed E-state index contributed by atoms with van der Waals surface area (Å²) in [5.41, 5.74) is 3.02. The van der Waals surface area contributed by atoms with E-state index in [0.29, 0.717) is 5.71 Å². The molecule has 6 heteroatoms. The lowest BCUT2D eigenvalue weighted by Gasteiger charge is -2.25. The maximum atomic E-state index is 8.48. The van der Waals surface area contributed by atoms with Gasteiger partial charge in [-0.3, -0.25) is 10.1 Å². The largest absolute Gasteiger partial charge is 0.360 e. The minimum Gasteiger partial charge on any atom is -0.360 e. The predicted octanol–water partition coefficient (Wildman–Crippen LogP) is 3.54. The number of nitrogens with one attached hydrogen (secondary N) is 2. The third kappa shape index (κ3) is 3.39. The molecule has 0 amide bonds. The van der Waals surface area contributed by atoms with Gasteiger partial charge in [-0.05, 0) is 37.5 Å². The Morgan fingerprint density at radius 3 is 3.00 bits per heavy atom. The molecule has 3 rings (SSSR count). The summed E-state index contributed by atoms with van der Waals surface area (Å²) < 4.78 is 8.40. The first-order valence-electron chi connectivity index (χ1n) is 7.39. The van der Waals surface area contributed by atoms with Crippen LogP contribution >= 0.6 is 15.9 Å². The molecule has 1 atom stereocenters. The second-order valence-corrected chi connectivity index (χ2v) is 6.38. The van der Waals surface area contributed by atoms with Gasteiger partial charge in [-0.1, -0.05) is 15.9 Å². The van der Waals surface area contributed by atoms with E-state index >= 15 is 0 Å². The Balaban J connectivity index is 1.88. The maximum absolute atomic E-state index is 8.48. The topological polar surface area (TPSA) is 62.9 Å². The Morgan fingerprint density at radius 2 is 2.32 bits per heavy atom. The van der Waals surface area contributed by atoms with Gasteiger partial charge in [-0.15, -0.1) is 0 Å². The van der Waals surface area contributed by atoms with Crippen LogP contribution in [0.2, 0.25) is 0 Å². The number of ether oxygens (including phenoxy) is 1. The van der Waals surface area contributed by atoms with Crippen molar-refractivity contribution in [3.8, 4) is 0 Å². The maximum Gasteiger partial charge on any atom is 0.127 e. The van der Waals surface area contributed by atoms with E-state index in [1.807, 2.05) is 31.4 Å². The fourth-order valence-corrected chi connectivity index (χ4v) is 2.94. The van der Waals surface area contributed by atoms with Gasteiger partial charge in [-0.2, -0.15) is 5.10 Å². The third-order valence-electron chi connectivity index (χ3n) is 3.74. The van der Waals surface area contributed by atoms with Gasteiger partial charge in [0.15, 0.2) is 0 Å². The number of nitrogens with zero attached hydrogens (tertiary/aromatic N) is 2. The number of aromatic nitrogens is 2. The molecule has 0 aliphatic carbocycles. The monoisotopic (exact) mass is 362 g/mol. The molecule has 116 valence electrons. The number of halogens is 1. The molecule has 1 aromatic carbocycles. The summed E-state index contributed by atoms with van der Waals surface area (Å²) in [5.74, 6) is 0. The van der Waals surface area contributed by atoms with Crippen LogP contribution in [0.5, 0.6) is 0 Å². The Bertz CT molecular complexity index is 677. The van der Waals surface area contributed by atoms with Gasteiger partial charge in [0, 0.05) is 41.1 Å². The highest BCUT2D eigenvalue weighted by Crippen LogP contribution is 2.26. The van der Waals surface area contributed by atoms with Crippen molar-refractivity contribution in [1.29, 1.82) is 5.41 Å². The van der Waals surface area contributed by atoms with Crippen molar-refractivity contribution in [2.75, 3.05) is 11.9 Å². The van der Waals surface area contributed by atoms with E-state index in [9.17, 15) is 0 Å². The summed E-state index contributed by atoms with van der Waals surface area (Å²) in [6, 6.07) is 5.92. The van der Waals surface area contributed by atoms with Crippen LogP contribution in [0.3, 0.4) is 0 Å². The highest BCUT2D eigenvalue weighted by molar-refractivity contribution is 9.10. The van der Waals surface area contributed by atoms with Gasteiger partial charge in [-0.25, -0.2) is 0 Å². The second-order valence-electron chi connectivity index (χ2n) is 5.47. The first-order chi connectivity index (χ1) is 10.6. The summed E-state index contributed by atoms with van der Waals surface area (Å²) >= 11 is 3.49. The predicted molar refractivity (Wildman–Crippen MR) is 90.5 cm³/mol. The fourth-order valence-electron chi connectivity index (χ4n) is 2.58. The van der Waals surface area contributed by atoms with Crippen molar-refractivity contribution in [2.24, 2.45) is 7.05 Å². The molecule has 0 bridgehead atoms. The van der Waals surface area contributed by atoms with Gasteiger partial charge in [0.05, 0.1) is 11.9 Å². The minimum absolute atomic E-state index is 0.0235. The highest BCUT2D eigenvalue weighted by Gasteiger charge is 2.17. The fraction of sp³-hybridized carbons (Fsp3) is 0.375. The molecule has 22 heavy (non-hydrogen) atoms. The Hall–Kier alpha value is -1.66. The number of hydrogen-bond acceptors (Lipinski definition) is 4. The first-order valence-corrected chi connectivity index (χ1v) is 8.18. The van der Waals surface area contributed by atoms with E-state index in [-0.39, 0.29) is 6.23 Å². The van der Waals surface area contributed by atoms with E-state index in [1.54, 1.807) is 10.9 Å². The minimum atomic E-state index is 0.0235. The summed E-state index contributed by atoms with van der Waals surface area (Å²) in [4.78, 5) is 0. The molecule has 1 aliphatic heterocycles. The zero-order chi connectivity index (χ0) is 15.5. The normalized spacial score (nSPS) is 18.2. The summed E-state index contributed by atoms with van der Waals surface area (Å²) in [7, 11) is 1.85. The van der Waals surface area contributed by atoms with Crippen molar-refractivity contribution in [1.82, 2.24) is 9.78 Å². The van der Waals surface area contributed by atoms with Gasteiger partial charge < -0.3 is 10.1 Å². The average Bonchev–Trinajstić information content (AvgIpc) is 2.96. The lowest BCUT2D eigenvalue weighted by molar-refractivity contribution is 0.0343. The number of benzene rings is 1. The van der Waals surface area contributed by atoms with Crippen LogP contribution in [-0.2, 0) is 11.8 Å². The van der Waals surface area contributed by atoms with Gasteiger partial charge in [0.2, 0.25) is 0 Å². The molecular weight excluding hydrogens is 344 g/mol. The SMILES string of the molecule is Cn1cc(C(=N)c2cc(Br)ccc2NC2CCCCO2)cn1. The average molecular weight is 363 g/mol. The van der Waals surface area contributed by atoms with Gasteiger partial charge >= 0.3 is 0 Å². The van der Waals surface area contributed by atoms with Crippen molar-refractivity contribution in [3.05, 3.63) is 46.2 Å². The van der Waals surface area contributed by atoms with Crippen molar-refractivity contribution in [2.45, 2.75) is 25.5 Å². The Morgan fingerprint density at radius 1 is 1.45 bits per heavy atom. The second kappa shape index (κ2) is 6.62. The molecular formula is C16H19BrN4O. The van der Waals surface area contributed by atoms with Crippen LogP contribution in [0.25, 0.3) is 0 Å². The van der Waals surface area contributed by atoms with Crippen LogP contribution < -0.4 is 5.32 Å². The summed E-state index contributed by atoms with van der Waals surface area (Å²) in [5, 5.41) is 16.1. The standard InChI is InChI=1S/C16H19BrN4O/c1-21-10-11(9-19-21)16(18)13-8-12(17)5-6-14(13)20-15-4-2-3-7-22-15/h5-6,8-10,15,18,20H,2-4,7H2,1H3. The molecule has 2 heterocycles. The summed E-state index contributed by atoms with van der Waals surface area (Å²) in [6.07, 6.45) is 6.88. The Kier molecular flexibility index (Phi) is 4.59. The van der Waals surface area contributed by atoms with Gasteiger partial charge in [0.1, 0.15) is 6.23 Å². The molecule has 1 aromatic heterocycles. The number of anilines is 1. The third-order valence-corrected chi connectivity index (χ3v) is 4.23. The zero-order valence-corrected chi connectivity index (χ0v) is 14.1. The van der Waals surface area contributed by atoms with Crippen LogP contribution in [0, 0.1) is 5.41 Å². The molecule has 2 N–H and O–H groups in total. The van der Waals surface area contributed by atoms with E-state index in [4.69, 9.17) is 10.1 Å². The van der Waals surface area contributed by atoms with Crippen molar-refractivity contribution < 1.29 is 4.74 Å². The molecule has 1 fully saturated rings. The number of rotatable bonds is 4. The van der Waals surface area contributed by atoms with E-state index in [2.05, 4.69) is 26.3 Å². The first kappa shape index (κ1) is 15.2. The zero-order valence-electron chi connectivity index (χ0n) is 12.5. The van der Waals surface area contributed by atoms with E-state index in [0.717, 1.165) is 40.7 Å². The number of hydrogen-bond donors (Lipinski definition) is 2. The molecule has 0 radical (unpaired) electrons. The van der Waals surface area contributed by atoms with Crippen molar-refractivity contribution in [3.63, 3.8) is 0 Å². The molecule has 1 unspecified atom stereocenters. The van der Waals surface area contributed by atoms with E-state index < -0.39 is 0 Å². The van der Waals surface area contributed by atoms with Crippen LogP contribution in [-0.4, -0.2) is 28.3 Å². The van der Waals surface area contributed by atoms with Crippen LogP contribution in [0.4, 0.5) is 5.69 Å². The molecule has 5 nitrogen and oxygen atoms in total. The van der Waals surface area contributed by atoms with Crippen LogP contribution in [0.1, 0.15) is 30.4 Å². The molecule has 2 aromatic rings. The molecule has 0 saturated carbocycles. The highest BCUT2D eigenvalue weighted by atomic mass is 79.9. The smallest absolute Gasteiger partial charge is 0.127 e.